The van der Waals surface area contributed by atoms with Crippen LogP contribution in [0.5, 0.6) is 0 Å². The zero-order chi connectivity index (χ0) is 25.1. The molecule has 0 aliphatic carbocycles. The number of aromatic nitrogens is 4. The molecule has 0 atom stereocenters. The fourth-order valence-corrected chi connectivity index (χ4v) is 2.03. The van der Waals surface area contributed by atoms with Gasteiger partial charge in [-0.3, -0.25) is 0 Å². The summed E-state index contributed by atoms with van der Waals surface area (Å²) in [5, 5.41) is 3.49. The minimum Gasteiger partial charge on any atom is -0.341 e. The van der Waals surface area contributed by atoms with Crippen molar-refractivity contribution in [3.8, 4) is 0 Å². The van der Waals surface area contributed by atoms with Crippen molar-refractivity contribution >= 4 is 34.8 Å². The van der Waals surface area contributed by atoms with Crippen LogP contribution in [-0.4, -0.2) is 45.5 Å². The molecule has 0 unspecified atom stereocenters. The fraction of sp³-hybridized carbons (Fsp3) is 0.350. The van der Waals surface area contributed by atoms with E-state index in [1.165, 1.54) is 0 Å². The summed E-state index contributed by atoms with van der Waals surface area (Å²) in [6.45, 7) is -0.447. The zero-order valence-electron chi connectivity index (χ0n) is 17.7. The van der Waals surface area contributed by atoms with E-state index in [4.69, 9.17) is 34.8 Å². The van der Waals surface area contributed by atoms with Crippen molar-refractivity contribution in [1.29, 1.82) is 0 Å². The molecule has 0 amide bonds. The van der Waals surface area contributed by atoms with Gasteiger partial charge in [-0.1, -0.05) is 35.3 Å². The molecular weight excluding hydrogens is 507 g/mol. The number of nitrogens with two attached hydrogens (primary N) is 1. The van der Waals surface area contributed by atoms with Crippen LogP contribution in [0.15, 0.2) is 55.4 Å². The van der Waals surface area contributed by atoms with Gasteiger partial charge in [0.2, 0.25) is 0 Å². The number of alkyl halides is 5. The Hall–Kier alpha value is -1.98. The molecule has 0 saturated carbocycles. The predicted molar refractivity (Wildman–Crippen MR) is 124 cm³/mol. The molecule has 0 aliphatic heterocycles. The Morgan fingerprint density at radius 1 is 0.970 bits per heavy atom. The lowest BCUT2D eigenvalue weighted by molar-refractivity contribution is 0.145. The minimum absolute atomic E-state index is 0.303. The van der Waals surface area contributed by atoms with E-state index in [-0.39, 0.29) is 6.54 Å². The van der Waals surface area contributed by atoms with E-state index in [0.717, 1.165) is 11.1 Å². The van der Waals surface area contributed by atoms with Gasteiger partial charge in [0, 0.05) is 44.3 Å². The molecule has 0 bridgehead atoms. The predicted octanol–water partition coefficient (Wildman–Crippen LogP) is 5.19. The van der Waals surface area contributed by atoms with Crippen molar-refractivity contribution in [2.75, 3.05) is 13.1 Å². The van der Waals surface area contributed by atoms with Crippen LogP contribution in [0.25, 0.3) is 0 Å². The minimum atomic E-state index is -2.34. The Morgan fingerprint density at radius 2 is 1.52 bits per heavy atom. The molecular formula is C20H25Cl3F4N6. The van der Waals surface area contributed by atoms with Gasteiger partial charge >= 0.3 is 0 Å². The van der Waals surface area contributed by atoms with Crippen molar-refractivity contribution in [3.63, 3.8) is 0 Å². The van der Waals surface area contributed by atoms with Gasteiger partial charge in [0.1, 0.15) is 10.3 Å². The highest BCUT2D eigenvalue weighted by atomic mass is 35.5. The molecule has 3 rings (SSSR count). The van der Waals surface area contributed by atoms with Crippen LogP contribution < -0.4 is 11.1 Å². The van der Waals surface area contributed by atoms with Gasteiger partial charge in [-0.15, -0.1) is 11.6 Å². The summed E-state index contributed by atoms with van der Waals surface area (Å²) in [6, 6.07) is 6.94. The van der Waals surface area contributed by atoms with Crippen LogP contribution >= 0.6 is 34.8 Å². The van der Waals surface area contributed by atoms with Gasteiger partial charge in [0.25, 0.3) is 12.9 Å². The molecule has 6 nitrogen and oxygen atoms in total. The van der Waals surface area contributed by atoms with Crippen LogP contribution in [0.1, 0.15) is 11.1 Å². The van der Waals surface area contributed by atoms with Gasteiger partial charge in [-0.25, -0.2) is 32.5 Å². The average Bonchev–Trinajstić information content (AvgIpc) is 3.28. The van der Waals surface area contributed by atoms with E-state index < -0.39 is 19.4 Å². The van der Waals surface area contributed by atoms with E-state index in [0.29, 0.717) is 22.7 Å². The van der Waals surface area contributed by atoms with Crippen LogP contribution in [-0.2, 0) is 19.5 Å². The van der Waals surface area contributed by atoms with Gasteiger partial charge in [0.05, 0.1) is 19.4 Å². The second-order valence-corrected chi connectivity index (χ2v) is 7.03. The largest absolute Gasteiger partial charge is 0.341 e. The maximum atomic E-state index is 11.7. The number of aryl methyl sites for hydroxylation is 1. The van der Waals surface area contributed by atoms with Crippen molar-refractivity contribution in [2.24, 2.45) is 12.8 Å². The summed E-state index contributed by atoms with van der Waals surface area (Å²) in [4.78, 5) is 11.4. The maximum Gasteiger partial charge on any atom is 0.250 e. The molecule has 184 valence electrons. The smallest absolute Gasteiger partial charge is 0.250 e. The number of imidazole rings is 1. The number of hydrogen-bond acceptors (Lipinski definition) is 5. The van der Waals surface area contributed by atoms with Gasteiger partial charge in [0.15, 0.2) is 0 Å². The van der Waals surface area contributed by atoms with Gasteiger partial charge in [-0.2, -0.15) is 0 Å². The quantitative estimate of drug-likeness (QED) is 0.260. The molecule has 3 N–H and O–H groups in total. The highest BCUT2D eigenvalue weighted by Gasteiger charge is 2.00. The lowest BCUT2D eigenvalue weighted by atomic mass is 10.3. The number of pyridine rings is 2. The van der Waals surface area contributed by atoms with E-state index in [2.05, 4.69) is 26.0 Å². The first kappa shape index (κ1) is 31.0. The highest BCUT2D eigenvalue weighted by molar-refractivity contribution is 6.29. The molecule has 0 aliphatic rings. The first-order chi connectivity index (χ1) is 15.7. The normalized spacial score (nSPS) is 9.91. The van der Waals surface area contributed by atoms with Crippen LogP contribution in [0.3, 0.4) is 0 Å². The third-order valence-electron chi connectivity index (χ3n) is 3.17. The van der Waals surface area contributed by atoms with Crippen molar-refractivity contribution in [3.05, 3.63) is 76.8 Å². The molecule has 0 radical (unpaired) electrons. The lowest BCUT2D eigenvalue weighted by Crippen LogP contribution is -2.20. The summed E-state index contributed by atoms with van der Waals surface area (Å²) in [5.41, 5.74) is 6.25. The zero-order valence-corrected chi connectivity index (χ0v) is 20.0. The number of nitrogens with zero attached hydrogens (tertiary/aromatic N) is 4. The van der Waals surface area contributed by atoms with Gasteiger partial charge < -0.3 is 15.6 Å². The SMILES string of the molecule is ClCc1ccc(Cl)nc1.Cn1ccnc1.FC(F)CNCc1ccc(Cl)nc1.NCC(F)F. The maximum absolute atomic E-state index is 11.7. The Labute approximate surface area is 205 Å². The second kappa shape index (κ2) is 19.5. The number of hydrogen-bond donors (Lipinski definition) is 2. The highest BCUT2D eigenvalue weighted by Crippen LogP contribution is 2.06. The molecule has 3 aromatic rings. The Bertz CT molecular complexity index is 823. The number of nitrogens with one attached hydrogen (secondary N) is 1. The standard InChI is InChI=1S/C8H9ClF2N2.C6H5Cl2N.C4H6N2.C2H5F2N/c9-7-2-1-6(4-13-7)3-12-5-8(10)11;7-3-5-1-2-6(8)9-4-5;1-6-3-2-5-4-6;3-2(4)1-5/h1-2,4,8,12H,3,5H2;1-2,4H,3H2;2-4H,1H3;2H,1,5H2. The molecule has 13 heteroatoms. The van der Waals surface area contributed by atoms with Gasteiger partial charge in [-0.05, 0) is 23.3 Å². The van der Waals surface area contributed by atoms with E-state index in [1.807, 2.05) is 23.9 Å². The summed E-state index contributed by atoms with van der Waals surface area (Å²) in [5.74, 6) is 0.490. The molecule has 0 spiro atoms. The fourth-order valence-electron chi connectivity index (χ4n) is 1.65. The van der Waals surface area contributed by atoms with Crippen molar-refractivity contribution in [1.82, 2.24) is 24.8 Å². The Morgan fingerprint density at radius 3 is 1.82 bits per heavy atom. The van der Waals surface area contributed by atoms with Crippen molar-refractivity contribution in [2.45, 2.75) is 25.3 Å². The first-order valence-corrected chi connectivity index (χ1v) is 10.6. The monoisotopic (exact) mass is 530 g/mol. The molecule has 33 heavy (non-hydrogen) atoms. The summed E-state index contributed by atoms with van der Waals surface area (Å²) < 4.78 is 46.6. The van der Waals surface area contributed by atoms with Crippen LogP contribution in [0.2, 0.25) is 10.3 Å². The topological polar surface area (TPSA) is 81.7 Å². The average molecular weight is 532 g/mol. The number of rotatable bonds is 6. The van der Waals surface area contributed by atoms with Crippen LogP contribution in [0.4, 0.5) is 17.6 Å². The van der Waals surface area contributed by atoms with Crippen molar-refractivity contribution < 1.29 is 17.6 Å². The third-order valence-corrected chi connectivity index (χ3v) is 3.93. The van der Waals surface area contributed by atoms with Crippen LogP contribution in [0, 0.1) is 0 Å². The van der Waals surface area contributed by atoms with E-state index in [9.17, 15) is 17.6 Å². The molecule has 3 heterocycles. The Kier molecular flexibility index (Phi) is 18.3. The third kappa shape index (κ3) is 19.2. The summed E-state index contributed by atoms with van der Waals surface area (Å²) in [6.07, 6.45) is 3.95. The summed E-state index contributed by atoms with van der Waals surface area (Å²) >= 11 is 16.6. The Balaban J connectivity index is 0.000000445. The van der Waals surface area contributed by atoms with E-state index >= 15 is 0 Å². The molecule has 0 aromatic carbocycles. The number of halogens is 7. The molecule has 3 aromatic heterocycles. The first-order valence-electron chi connectivity index (χ1n) is 9.33. The molecule has 0 fully saturated rings. The molecule has 0 saturated heterocycles. The lowest BCUT2D eigenvalue weighted by Gasteiger charge is -2.03. The van der Waals surface area contributed by atoms with E-state index in [1.54, 1.807) is 43.1 Å². The second-order valence-electron chi connectivity index (χ2n) is 5.99. The summed E-state index contributed by atoms with van der Waals surface area (Å²) in [7, 11) is 1.94.